The average molecular weight is 292 g/mol. The van der Waals surface area contributed by atoms with Gasteiger partial charge in [0.25, 0.3) is 0 Å². The van der Waals surface area contributed by atoms with Crippen molar-refractivity contribution in [3.63, 3.8) is 0 Å². The molecular weight excluding hydrogens is 268 g/mol. The van der Waals surface area contributed by atoms with Crippen molar-refractivity contribution in [2.24, 2.45) is 11.7 Å². The van der Waals surface area contributed by atoms with Crippen LogP contribution in [0.2, 0.25) is 0 Å². The topological polar surface area (TPSA) is 38.5 Å². The molecule has 0 spiro atoms. The Morgan fingerprint density at radius 3 is 2.55 bits per heavy atom. The maximum Gasteiger partial charge on any atom is 0.119 e. The summed E-state index contributed by atoms with van der Waals surface area (Å²) < 4.78 is 5.75. The molecular formula is C16H24N2OS. The van der Waals surface area contributed by atoms with Crippen molar-refractivity contribution in [3.05, 3.63) is 29.8 Å². The zero-order valence-electron chi connectivity index (χ0n) is 12.2. The first kappa shape index (κ1) is 15.3. The molecule has 0 unspecified atom stereocenters. The average Bonchev–Trinajstić information content (AvgIpc) is 2.92. The van der Waals surface area contributed by atoms with Gasteiger partial charge in [0.15, 0.2) is 0 Å². The molecule has 1 aromatic rings. The Morgan fingerprint density at radius 2 is 1.95 bits per heavy atom. The van der Waals surface area contributed by atoms with E-state index in [1.54, 1.807) is 0 Å². The molecule has 4 heteroatoms. The highest BCUT2D eigenvalue weighted by molar-refractivity contribution is 7.80. The normalized spacial score (nSPS) is 15.7. The van der Waals surface area contributed by atoms with Gasteiger partial charge in [-0.05, 0) is 50.1 Å². The maximum absolute atomic E-state index is 5.75. The van der Waals surface area contributed by atoms with Gasteiger partial charge in [-0.15, -0.1) is 0 Å². The number of nitrogens with two attached hydrogens (primary N) is 1. The summed E-state index contributed by atoms with van der Waals surface area (Å²) >= 11 is 4.93. The highest BCUT2D eigenvalue weighted by Gasteiger charge is 2.16. The Hall–Kier alpha value is -1.13. The number of nitrogens with zero attached hydrogens (tertiary/aromatic N) is 1. The molecule has 2 rings (SSSR count). The van der Waals surface area contributed by atoms with Crippen LogP contribution in [0.1, 0.15) is 31.2 Å². The number of rotatable bonds is 7. The fourth-order valence-electron chi connectivity index (χ4n) is 2.76. The van der Waals surface area contributed by atoms with E-state index in [0.29, 0.717) is 4.99 Å². The number of benzene rings is 1. The van der Waals surface area contributed by atoms with Gasteiger partial charge in [0.05, 0.1) is 0 Å². The van der Waals surface area contributed by atoms with E-state index in [1.807, 2.05) is 24.3 Å². The van der Waals surface area contributed by atoms with Gasteiger partial charge in [0, 0.05) is 18.7 Å². The molecule has 3 nitrogen and oxygen atoms in total. The lowest BCUT2D eigenvalue weighted by Crippen LogP contribution is -2.28. The van der Waals surface area contributed by atoms with Crippen LogP contribution in [0.3, 0.4) is 0 Å². The molecule has 1 saturated carbocycles. The number of thiocarbonyl (C=S) groups is 1. The van der Waals surface area contributed by atoms with Crippen molar-refractivity contribution >= 4 is 17.2 Å². The predicted molar refractivity (Wildman–Crippen MR) is 87.3 cm³/mol. The molecule has 0 amide bonds. The van der Waals surface area contributed by atoms with Crippen molar-refractivity contribution in [2.45, 2.75) is 25.7 Å². The first-order valence-electron chi connectivity index (χ1n) is 7.36. The highest BCUT2D eigenvalue weighted by atomic mass is 32.1. The Bertz CT molecular complexity index is 427. The Kier molecular flexibility index (Phi) is 5.80. The van der Waals surface area contributed by atoms with Gasteiger partial charge in [-0.1, -0.05) is 25.1 Å². The molecule has 0 heterocycles. The van der Waals surface area contributed by atoms with Crippen LogP contribution in [0.5, 0.6) is 5.75 Å². The molecule has 0 atom stereocenters. The van der Waals surface area contributed by atoms with E-state index in [2.05, 4.69) is 11.9 Å². The third kappa shape index (κ3) is 4.76. The number of ether oxygens (including phenoxy) is 1. The van der Waals surface area contributed by atoms with E-state index in [4.69, 9.17) is 22.7 Å². The van der Waals surface area contributed by atoms with Gasteiger partial charge >= 0.3 is 0 Å². The first-order valence-corrected chi connectivity index (χ1v) is 7.77. The summed E-state index contributed by atoms with van der Waals surface area (Å²) in [5.74, 6) is 1.77. The van der Waals surface area contributed by atoms with Gasteiger partial charge in [-0.25, -0.2) is 0 Å². The van der Waals surface area contributed by atoms with E-state index in [0.717, 1.165) is 30.4 Å². The fourth-order valence-corrected chi connectivity index (χ4v) is 2.90. The zero-order valence-corrected chi connectivity index (χ0v) is 13.0. The van der Waals surface area contributed by atoms with Gasteiger partial charge in [-0.2, -0.15) is 0 Å². The SMILES string of the molecule is CN(CCOc1ccc(C(N)=S)cc1)CC1CCCC1. The summed E-state index contributed by atoms with van der Waals surface area (Å²) in [6.45, 7) is 2.88. The monoisotopic (exact) mass is 292 g/mol. The van der Waals surface area contributed by atoms with Crippen molar-refractivity contribution in [1.29, 1.82) is 0 Å². The minimum absolute atomic E-state index is 0.424. The molecule has 1 aliphatic rings. The minimum atomic E-state index is 0.424. The van der Waals surface area contributed by atoms with E-state index in [9.17, 15) is 0 Å². The highest BCUT2D eigenvalue weighted by Crippen LogP contribution is 2.25. The Balaban J connectivity index is 1.68. The predicted octanol–water partition coefficient (Wildman–Crippen LogP) is 2.82. The lowest BCUT2D eigenvalue weighted by Gasteiger charge is -2.20. The van der Waals surface area contributed by atoms with Crippen LogP contribution in [0.15, 0.2) is 24.3 Å². The third-order valence-electron chi connectivity index (χ3n) is 3.93. The lowest BCUT2D eigenvalue weighted by atomic mass is 10.1. The molecule has 0 aromatic heterocycles. The fraction of sp³-hybridized carbons (Fsp3) is 0.562. The maximum atomic E-state index is 5.75. The van der Waals surface area contributed by atoms with Gasteiger partial charge < -0.3 is 15.4 Å². The molecule has 2 N–H and O–H groups in total. The van der Waals surface area contributed by atoms with Gasteiger partial charge in [0.1, 0.15) is 17.3 Å². The quantitative estimate of drug-likeness (QED) is 0.784. The summed E-state index contributed by atoms with van der Waals surface area (Å²) in [5, 5.41) is 0. The standard InChI is InChI=1S/C16H24N2OS/c1-18(12-13-4-2-3-5-13)10-11-19-15-8-6-14(7-9-15)16(17)20/h6-9,13H,2-5,10-12H2,1H3,(H2,17,20). The van der Waals surface area contributed by atoms with E-state index in [-0.39, 0.29) is 0 Å². The lowest BCUT2D eigenvalue weighted by molar-refractivity contribution is 0.215. The molecule has 0 radical (unpaired) electrons. The van der Waals surface area contributed by atoms with Crippen LogP contribution in [0.4, 0.5) is 0 Å². The summed E-state index contributed by atoms with van der Waals surface area (Å²) in [6.07, 6.45) is 5.60. The summed E-state index contributed by atoms with van der Waals surface area (Å²) in [6, 6.07) is 7.65. The minimum Gasteiger partial charge on any atom is -0.492 e. The van der Waals surface area contributed by atoms with Crippen molar-refractivity contribution < 1.29 is 4.74 Å². The Labute approximate surface area is 127 Å². The summed E-state index contributed by atoms with van der Waals surface area (Å²) in [5.41, 5.74) is 6.45. The van der Waals surface area contributed by atoms with Gasteiger partial charge in [-0.3, -0.25) is 0 Å². The molecule has 0 aliphatic heterocycles. The smallest absolute Gasteiger partial charge is 0.119 e. The summed E-state index contributed by atoms with van der Waals surface area (Å²) in [4.78, 5) is 2.80. The molecule has 1 aliphatic carbocycles. The molecule has 0 saturated heterocycles. The van der Waals surface area contributed by atoms with Crippen LogP contribution in [-0.2, 0) is 0 Å². The molecule has 1 fully saturated rings. The Morgan fingerprint density at radius 1 is 1.30 bits per heavy atom. The second-order valence-electron chi connectivity index (χ2n) is 5.65. The van der Waals surface area contributed by atoms with E-state index >= 15 is 0 Å². The van der Waals surface area contributed by atoms with Crippen LogP contribution in [-0.4, -0.2) is 36.6 Å². The van der Waals surface area contributed by atoms with Crippen LogP contribution >= 0.6 is 12.2 Å². The second kappa shape index (κ2) is 7.60. The van der Waals surface area contributed by atoms with Crippen molar-refractivity contribution in [2.75, 3.05) is 26.7 Å². The van der Waals surface area contributed by atoms with Gasteiger partial charge in [0.2, 0.25) is 0 Å². The zero-order chi connectivity index (χ0) is 14.4. The summed E-state index contributed by atoms with van der Waals surface area (Å²) in [7, 11) is 2.18. The third-order valence-corrected chi connectivity index (χ3v) is 4.16. The van der Waals surface area contributed by atoms with Crippen molar-refractivity contribution in [1.82, 2.24) is 4.90 Å². The number of hydrogen-bond acceptors (Lipinski definition) is 3. The first-order chi connectivity index (χ1) is 9.65. The van der Waals surface area contributed by atoms with E-state index in [1.165, 1.54) is 32.2 Å². The van der Waals surface area contributed by atoms with Crippen LogP contribution < -0.4 is 10.5 Å². The number of likely N-dealkylation sites (N-methyl/N-ethyl adjacent to an activating group) is 1. The molecule has 110 valence electrons. The number of hydrogen-bond donors (Lipinski definition) is 1. The largest absolute Gasteiger partial charge is 0.492 e. The van der Waals surface area contributed by atoms with E-state index < -0.39 is 0 Å². The van der Waals surface area contributed by atoms with Crippen LogP contribution in [0, 0.1) is 5.92 Å². The molecule has 0 bridgehead atoms. The van der Waals surface area contributed by atoms with Crippen LogP contribution in [0.25, 0.3) is 0 Å². The molecule has 1 aromatic carbocycles. The van der Waals surface area contributed by atoms with Crippen molar-refractivity contribution in [3.8, 4) is 5.75 Å². The molecule has 20 heavy (non-hydrogen) atoms. The second-order valence-corrected chi connectivity index (χ2v) is 6.09.